The molecule has 0 aliphatic heterocycles. The maximum absolute atomic E-state index is 10.4. The topological polar surface area (TPSA) is 88.4 Å². The molecule has 0 aliphatic carbocycles. The van der Waals surface area contributed by atoms with Crippen LogP contribution in [0.15, 0.2) is 79.0 Å². The van der Waals surface area contributed by atoms with Crippen LogP contribution in [0.2, 0.25) is 0 Å². The van der Waals surface area contributed by atoms with Crippen molar-refractivity contribution in [1.29, 1.82) is 0 Å². The molecule has 0 saturated heterocycles. The molecule has 148 valence electrons. The number of pyridine rings is 1. The number of aliphatic hydroxyl groups excluding tert-OH is 1. The summed E-state index contributed by atoms with van der Waals surface area (Å²) in [5.41, 5.74) is 10.3. The number of aliphatic hydroxyl groups is 1. The summed E-state index contributed by atoms with van der Waals surface area (Å²) in [6.45, 7) is 0.855. The first-order valence-corrected chi connectivity index (χ1v) is 9.09. The van der Waals surface area contributed by atoms with Gasteiger partial charge < -0.3 is 10.8 Å². The monoisotopic (exact) mass is 378 g/mol. The van der Waals surface area contributed by atoms with Gasteiger partial charge in [0, 0.05) is 30.9 Å². The molecule has 2 atom stereocenters. The van der Waals surface area contributed by atoms with E-state index in [4.69, 9.17) is 11.6 Å². The zero-order valence-corrected chi connectivity index (χ0v) is 15.3. The van der Waals surface area contributed by atoms with Crippen LogP contribution in [-0.2, 0) is 13.0 Å². The Hall–Kier alpha value is -2.57. The van der Waals surface area contributed by atoms with Crippen molar-refractivity contribution in [2.75, 3.05) is 6.54 Å². The summed E-state index contributed by atoms with van der Waals surface area (Å²) in [6.07, 6.45) is 1.71. The van der Waals surface area contributed by atoms with Crippen molar-refractivity contribution in [3.8, 4) is 11.3 Å². The average molecular weight is 379 g/mol. The largest absolute Gasteiger partial charge is 0.390 e. The molecule has 0 aliphatic rings. The fraction of sp³-hybridized carbons (Fsp3) is 0.261. The molecular formula is C23H30N4O. The summed E-state index contributed by atoms with van der Waals surface area (Å²) in [7, 11) is 0. The van der Waals surface area contributed by atoms with Gasteiger partial charge in [-0.3, -0.25) is 10.8 Å². The lowest BCUT2D eigenvalue weighted by Crippen LogP contribution is -2.46. The van der Waals surface area contributed by atoms with E-state index in [2.05, 4.69) is 4.98 Å². The molecule has 2 unspecified atom stereocenters. The first kappa shape index (κ1) is 21.7. The summed E-state index contributed by atoms with van der Waals surface area (Å²) < 4.78 is 0. The number of hydrogen-bond donors (Lipinski definition) is 3. The van der Waals surface area contributed by atoms with Gasteiger partial charge in [-0.05, 0) is 29.7 Å². The fourth-order valence-corrected chi connectivity index (χ4v) is 3.01. The highest BCUT2D eigenvalue weighted by Gasteiger charge is 2.17. The van der Waals surface area contributed by atoms with Gasteiger partial charge in [-0.2, -0.15) is 0 Å². The minimum atomic E-state index is -0.692. The smallest absolute Gasteiger partial charge is 0.0835 e. The van der Waals surface area contributed by atoms with Crippen molar-refractivity contribution in [2.24, 2.45) is 11.6 Å². The van der Waals surface area contributed by atoms with E-state index < -0.39 is 6.10 Å². The Morgan fingerprint density at radius 2 is 1.57 bits per heavy atom. The molecule has 28 heavy (non-hydrogen) atoms. The Morgan fingerprint density at radius 3 is 2.21 bits per heavy atom. The average Bonchev–Trinajstić information content (AvgIpc) is 2.70. The molecule has 0 radical (unpaired) electrons. The van der Waals surface area contributed by atoms with Gasteiger partial charge in [0.2, 0.25) is 0 Å². The maximum Gasteiger partial charge on any atom is 0.0835 e. The third-order valence-electron chi connectivity index (χ3n) is 4.53. The SMILES string of the molecule is C.NC(Cc1ccccc1)C(O)CN(N)Cc1ccc(-c2ccccn2)cc1. The van der Waals surface area contributed by atoms with Crippen molar-refractivity contribution in [1.82, 2.24) is 9.99 Å². The van der Waals surface area contributed by atoms with Gasteiger partial charge in [0.05, 0.1) is 11.8 Å². The predicted octanol–water partition coefficient (Wildman–Crippen LogP) is 2.99. The van der Waals surface area contributed by atoms with E-state index in [1.54, 1.807) is 11.2 Å². The Balaban J connectivity index is 0.00000280. The molecule has 0 amide bonds. The lowest BCUT2D eigenvalue weighted by molar-refractivity contribution is 0.0877. The molecule has 1 heterocycles. The molecular weight excluding hydrogens is 348 g/mol. The van der Waals surface area contributed by atoms with Crippen LogP contribution in [0.1, 0.15) is 18.6 Å². The van der Waals surface area contributed by atoms with E-state index in [0.29, 0.717) is 19.5 Å². The molecule has 5 heteroatoms. The Labute approximate surface area is 167 Å². The highest BCUT2D eigenvalue weighted by atomic mass is 16.3. The van der Waals surface area contributed by atoms with E-state index in [0.717, 1.165) is 22.4 Å². The minimum absolute atomic E-state index is 0. The van der Waals surface area contributed by atoms with E-state index >= 15 is 0 Å². The molecule has 2 aromatic carbocycles. The van der Waals surface area contributed by atoms with Crippen molar-refractivity contribution in [3.63, 3.8) is 0 Å². The van der Waals surface area contributed by atoms with Crippen molar-refractivity contribution < 1.29 is 5.11 Å². The van der Waals surface area contributed by atoms with E-state index in [9.17, 15) is 5.11 Å². The molecule has 1 aromatic heterocycles. The quantitative estimate of drug-likeness (QED) is 0.414. The number of rotatable bonds is 8. The van der Waals surface area contributed by atoms with Crippen molar-refractivity contribution in [3.05, 3.63) is 90.1 Å². The fourth-order valence-electron chi connectivity index (χ4n) is 3.01. The summed E-state index contributed by atoms with van der Waals surface area (Å²) in [5, 5.41) is 12.0. The minimum Gasteiger partial charge on any atom is -0.390 e. The summed E-state index contributed by atoms with van der Waals surface area (Å²) in [4.78, 5) is 4.35. The Kier molecular flexibility index (Phi) is 8.29. The number of nitrogens with two attached hydrogens (primary N) is 2. The predicted molar refractivity (Wildman–Crippen MR) is 115 cm³/mol. The molecule has 0 spiro atoms. The highest BCUT2D eigenvalue weighted by molar-refractivity contribution is 5.58. The zero-order chi connectivity index (χ0) is 19.1. The second kappa shape index (κ2) is 10.7. The van der Waals surface area contributed by atoms with Crippen LogP contribution in [0.5, 0.6) is 0 Å². The van der Waals surface area contributed by atoms with E-state index in [1.807, 2.05) is 72.8 Å². The number of nitrogens with zero attached hydrogens (tertiary/aromatic N) is 2. The maximum atomic E-state index is 10.4. The summed E-state index contributed by atoms with van der Waals surface area (Å²) >= 11 is 0. The lowest BCUT2D eigenvalue weighted by Gasteiger charge is -2.24. The van der Waals surface area contributed by atoms with Crippen LogP contribution in [0.25, 0.3) is 11.3 Å². The molecule has 3 aromatic rings. The molecule has 0 bridgehead atoms. The second-order valence-electron chi connectivity index (χ2n) is 6.76. The number of aromatic nitrogens is 1. The summed E-state index contributed by atoms with van der Waals surface area (Å²) in [6, 6.07) is 23.5. The lowest BCUT2D eigenvalue weighted by atomic mass is 10.0. The third-order valence-corrected chi connectivity index (χ3v) is 4.53. The van der Waals surface area contributed by atoms with Gasteiger partial charge >= 0.3 is 0 Å². The standard InChI is InChI=1S/C22H26N4O.CH4/c23-20(14-17-6-2-1-3-7-17)22(27)16-26(24)15-18-9-11-19(12-10-18)21-8-4-5-13-25-21;/h1-13,20,22,27H,14-16,23-24H2;1H4. The number of hydrazine groups is 1. The normalized spacial score (nSPS) is 13.0. The van der Waals surface area contributed by atoms with Crippen LogP contribution >= 0.6 is 0 Å². The zero-order valence-electron chi connectivity index (χ0n) is 15.3. The summed E-state index contributed by atoms with van der Waals surface area (Å²) in [5.74, 6) is 6.09. The third kappa shape index (κ3) is 6.25. The molecule has 5 nitrogen and oxygen atoms in total. The van der Waals surface area contributed by atoms with Gasteiger partial charge in [-0.1, -0.05) is 68.1 Å². The Bertz CT molecular complexity index is 809. The first-order chi connectivity index (χ1) is 13.1. The van der Waals surface area contributed by atoms with Crippen LogP contribution in [0.4, 0.5) is 0 Å². The van der Waals surface area contributed by atoms with Gasteiger partial charge in [0.15, 0.2) is 0 Å². The molecule has 3 rings (SSSR count). The van der Waals surface area contributed by atoms with Crippen molar-refractivity contribution in [2.45, 2.75) is 32.5 Å². The van der Waals surface area contributed by atoms with Crippen LogP contribution in [-0.4, -0.2) is 33.8 Å². The van der Waals surface area contributed by atoms with Crippen LogP contribution in [0.3, 0.4) is 0 Å². The number of benzene rings is 2. The second-order valence-corrected chi connectivity index (χ2v) is 6.76. The van der Waals surface area contributed by atoms with Gasteiger partial charge in [0.1, 0.15) is 0 Å². The Morgan fingerprint density at radius 1 is 0.893 bits per heavy atom. The van der Waals surface area contributed by atoms with E-state index in [-0.39, 0.29) is 13.5 Å². The molecule has 0 fully saturated rings. The molecule has 0 saturated carbocycles. The van der Waals surface area contributed by atoms with E-state index in [1.165, 1.54) is 0 Å². The van der Waals surface area contributed by atoms with Gasteiger partial charge in [-0.15, -0.1) is 0 Å². The van der Waals surface area contributed by atoms with Crippen LogP contribution < -0.4 is 11.6 Å². The molecule has 5 N–H and O–H groups in total. The first-order valence-electron chi connectivity index (χ1n) is 9.09. The van der Waals surface area contributed by atoms with Gasteiger partial charge in [0.25, 0.3) is 0 Å². The number of hydrogen-bond acceptors (Lipinski definition) is 5. The van der Waals surface area contributed by atoms with Gasteiger partial charge in [-0.25, -0.2) is 5.01 Å². The highest BCUT2D eigenvalue weighted by Crippen LogP contribution is 2.17. The van der Waals surface area contributed by atoms with Crippen LogP contribution in [0, 0.1) is 0 Å². The van der Waals surface area contributed by atoms with Crippen molar-refractivity contribution >= 4 is 0 Å².